The number of hydrogen-bond donors (Lipinski definition) is 0. The van der Waals surface area contributed by atoms with E-state index in [-0.39, 0.29) is 5.69 Å². The Morgan fingerprint density at radius 3 is 2.71 bits per heavy atom. The molecule has 0 unspecified atom stereocenters. The van der Waals surface area contributed by atoms with Gasteiger partial charge >= 0.3 is 6.18 Å². The Morgan fingerprint density at radius 2 is 2.06 bits per heavy atom. The van der Waals surface area contributed by atoms with E-state index in [1.165, 1.54) is 23.9 Å². The third-order valence-corrected chi connectivity index (χ3v) is 2.85. The van der Waals surface area contributed by atoms with Gasteiger partial charge < -0.3 is 0 Å². The Labute approximate surface area is 99.8 Å². The molecule has 17 heavy (non-hydrogen) atoms. The fourth-order valence-electron chi connectivity index (χ4n) is 1.23. The van der Waals surface area contributed by atoms with Crippen LogP contribution in [-0.2, 0) is 6.18 Å². The van der Waals surface area contributed by atoms with E-state index in [0.717, 1.165) is 17.9 Å². The van der Waals surface area contributed by atoms with Gasteiger partial charge in [0, 0.05) is 5.75 Å². The average molecular weight is 259 g/mol. The number of aliphatic imine (C=N–C) groups is 1. The standard InChI is InChI=1S/C10H8F3N3S/c11-10(12,13)7-2-1-3-8(6-7)15-16-9-14-4-5-17-9/h1-3,6H,4-5H2/b16-15+. The Balaban J connectivity index is 2.16. The molecule has 0 saturated carbocycles. The summed E-state index contributed by atoms with van der Waals surface area (Å²) in [4.78, 5) is 4.02. The highest BCUT2D eigenvalue weighted by molar-refractivity contribution is 8.14. The molecule has 0 radical (unpaired) electrons. The van der Waals surface area contributed by atoms with Crippen LogP contribution in [0.5, 0.6) is 0 Å². The molecule has 1 aliphatic rings. The predicted octanol–water partition coefficient (Wildman–Crippen LogP) is 3.89. The first-order chi connectivity index (χ1) is 8.05. The second kappa shape index (κ2) is 4.87. The van der Waals surface area contributed by atoms with E-state index in [1.807, 2.05) is 0 Å². The molecule has 1 aromatic carbocycles. The lowest BCUT2D eigenvalue weighted by atomic mass is 10.2. The van der Waals surface area contributed by atoms with E-state index in [4.69, 9.17) is 0 Å². The summed E-state index contributed by atoms with van der Waals surface area (Å²) < 4.78 is 37.2. The van der Waals surface area contributed by atoms with Crippen molar-refractivity contribution in [2.24, 2.45) is 15.2 Å². The van der Waals surface area contributed by atoms with E-state index >= 15 is 0 Å². The number of nitrogens with zero attached hydrogens (tertiary/aromatic N) is 3. The molecular weight excluding hydrogens is 251 g/mol. The number of halogens is 3. The molecular formula is C10H8F3N3S. The van der Waals surface area contributed by atoms with Gasteiger partial charge in [0.25, 0.3) is 0 Å². The minimum absolute atomic E-state index is 0.176. The molecule has 1 aliphatic heterocycles. The fraction of sp³-hybridized carbons (Fsp3) is 0.300. The third kappa shape index (κ3) is 3.29. The zero-order chi connectivity index (χ0) is 12.3. The fourth-order valence-corrected chi connectivity index (χ4v) is 1.88. The Kier molecular flexibility index (Phi) is 3.46. The van der Waals surface area contributed by atoms with Gasteiger partial charge in [0.2, 0.25) is 5.17 Å². The molecule has 0 aromatic heterocycles. The Hall–Kier alpha value is -1.37. The van der Waals surface area contributed by atoms with Crippen LogP contribution in [0.3, 0.4) is 0 Å². The van der Waals surface area contributed by atoms with Crippen LogP contribution in [-0.4, -0.2) is 17.5 Å². The van der Waals surface area contributed by atoms with Gasteiger partial charge in [-0.05, 0) is 18.2 Å². The van der Waals surface area contributed by atoms with E-state index in [1.54, 1.807) is 0 Å². The summed E-state index contributed by atoms with van der Waals surface area (Å²) in [7, 11) is 0. The Morgan fingerprint density at radius 1 is 1.24 bits per heavy atom. The minimum Gasteiger partial charge on any atom is -0.258 e. The lowest BCUT2D eigenvalue weighted by molar-refractivity contribution is -0.137. The zero-order valence-corrected chi connectivity index (χ0v) is 9.42. The van der Waals surface area contributed by atoms with Crippen molar-refractivity contribution in [1.82, 2.24) is 0 Å². The number of thioether (sulfide) groups is 1. The maximum Gasteiger partial charge on any atom is 0.416 e. The summed E-state index contributed by atoms with van der Waals surface area (Å²) in [6.45, 7) is 0.682. The summed E-state index contributed by atoms with van der Waals surface area (Å²) in [5, 5.41) is 8.04. The van der Waals surface area contributed by atoms with Crippen molar-refractivity contribution in [3.63, 3.8) is 0 Å². The third-order valence-electron chi connectivity index (χ3n) is 1.99. The first-order valence-electron chi connectivity index (χ1n) is 4.82. The monoisotopic (exact) mass is 259 g/mol. The first-order valence-corrected chi connectivity index (χ1v) is 5.80. The molecule has 90 valence electrons. The van der Waals surface area contributed by atoms with Gasteiger partial charge in [-0.25, -0.2) is 0 Å². The molecule has 0 atom stereocenters. The van der Waals surface area contributed by atoms with Gasteiger partial charge in [-0.3, -0.25) is 4.99 Å². The van der Waals surface area contributed by atoms with Gasteiger partial charge in [0.15, 0.2) is 0 Å². The first kappa shape index (κ1) is 12.1. The smallest absolute Gasteiger partial charge is 0.258 e. The van der Waals surface area contributed by atoms with Crippen molar-refractivity contribution < 1.29 is 13.2 Å². The summed E-state index contributed by atoms with van der Waals surface area (Å²) in [5.41, 5.74) is -0.551. The summed E-state index contributed by atoms with van der Waals surface area (Å²) in [5.74, 6) is 0.844. The SMILES string of the molecule is FC(F)(F)c1cccc(/N=N/C2=NCCS2)c1. The van der Waals surface area contributed by atoms with E-state index < -0.39 is 11.7 Å². The quantitative estimate of drug-likeness (QED) is 0.705. The molecule has 7 heteroatoms. The van der Waals surface area contributed by atoms with E-state index in [9.17, 15) is 13.2 Å². The maximum atomic E-state index is 12.4. The van der Waals surface area contributed by atoms with Crippen molar-refractivity contribution in [1.29, 1.82) is 0 Å². The molecule has 0 spiro atoms. The van der Waals surface area contributed by atoms with E-state index in [0.29, 0.717) is 11.7 Å². The van der Waals surface area contributed by atoms with Gasteiger partial charge in [0.05, 0.1) is 17.8 Å². The van der Waals surface area contributed by atoms with Crippen molar-refractivity contribution in [3.8, 4) is 0 Å². The van der Waals surface area contributed by atoms with Crippen molar-refractivity contribution in [2.45, 2.75) is 6.18 Å². The molecule has 0 saturated heterocycles. The molecule has 0 amide bonds. The maximum absolute atomic E-state index is 12.4. The number of amidine groups is 1. The lowest BCUT2D eigenvalue weighted by Crippen LogP contribution is -2.03. The van der Waals surface area contributed by atoms with Gasteiger partial charge in [-0.1, -0.05) is 17.8 Å². The lowest BCUT2D eigenvalue weighted by Gasteiger charge is -2.05. The molecule has 1 heterocycles. The van der Waals surface area contributed by atoms with Crippen LogP contribution in [0.1, 0.15) is 5.56 Å². The van der Waals surface area contributed by atoms with Crippen LogP contribution in [0, 0.1) is 0 Å². The molecule has 1 aromatic rings. The molecule has 3 nitrogen and oxygen atoms in total. The Bertz CT molecular complexity index is 468. The van der Waals surface area contributed by atoms with Crippen molar-refractivity contribution >= 4 is 22.6 Å². The largest absolute Gasteiger partial charge is 0.416 e. The highest BCUT2D eigenvalue weighted by atomic mass is 32.2. The number of azo groups is 1. The normalized spacial score (nSPS) is 16.5. The second-order valence-corrected chi connectivity index (χ2v) is 4.32. The predicted molar refractivity (Wildman–Crippen MR) is 60.7 cm³/mol. The van der Waals surface area contributed by atoms with Crippen molar-refractivity contribution in [2.75, 3.05) is 12.3 Å². The zero-order valence-electron chi connectivity index (χ0n) is 8.61. The van der Waals surface area contributed by atoms with Gasteiger partial charge in [0.1, 0.15) is 0 Å². The number of hydrogen-bond acceptors (Lipinski definition) is 4. The van der Waals surface area contributed by atoms with Crippen LogP contribution in [0.25, 0.3) is 0 Å². The highest BCUT2D eigenvalue weighted by Gasteiger charge is 2.30. The second-order valence-electron chi connectivity index (χ2n) is 3.26. The van der Waals surface area contributed by atoms with Gasteiger partial charge in [-0.2, -0.15) is 13.2 Å². The summed E-state index contributed by atoms with van der Waals surface area (Å²) in [6.07, 6.45) is -4.36. The van der Waals surface area contributed by atoms with Crippen LogP contribution in [0.2, 0.25) is 0 Å². The number of benzene rings is 1. The summed E-state index contributed by atoms with van der Waals surface area (Å²) >= 11 is 1.44. The average Bonchev–Trinajstić information content (AvgIpc) is 2.78. The van der Waals surface area contributed by atoms with Crippen LogP contribution < -0.4 is 0 Å². The molecule has 0 bridgehead atoms. The summed E-state index contributed by atoms with van der Waals surface area (Å²) in [6, 6.07) is 4.74. The minimum atomic E-state index is -4.36. The van der Waals surface area contributed by atoms with Crippen LogP contribution >= 0.6 is 11.8 Å². The molecule has 2 rings (SSSR count). The molecule has 0 N–H and O–H groups in total. The van der Waals surface area contributed by atoms with Crippen molar-refractivity contribution in [3.05, 3.63) is 29.8 Å². The topological polar surface area (TPSA) is 37.1 Å². The highest BCUT2D eigenvalue weighted by Crippen LogP contribution is 2.31. The number of rotatable bonds is 1. The van der Waals surface area contributed by atoms with Crippen LogP contribution in [0.4, 0.5) is 18.9 Å². The number of alkyl halides is 3. The van der Waals surface area contributed by atoms with Crippen LogP contribution in [0.15, 0.2) is 39.5 Å². The molecule has 0 fully saturated rings. The molecule has 0 aliphatic carbocycles. The van der Waals surface area contributed by atoms with E-state index in [2.05, 4.69) is 15.2 Å². The van der Waals surface area contributed by atoms with Gasteiger partial charge in [-0.15, -0.1) is 10.2 Å².